The summed E-state index contributed by atoms with van der Waals surface area (Å²) < 4.78 is 0. The van der Waals surface area contributed by atoms with Gasteiger partial charge in [0.25, 0.3) is 0 Å². The number of carboxylic acids is 1. The van der Waals surface area contributed by atoms with Crippen molar-refractivity contribution in [3.05, 3.63) is 78.0 Å². The van der Waals surface area contributed by atoms with Crippen molar-refractivity contribution in [2.75, 3.05) is 0 Å². The van der Waals surface area contributed by atoms with Crippen LogP contribution < -0.4 is 5.32 Å². The zero-order chi connectivity index (χ0) is 20.9. The Kier molecular flexibility index (Phi) is 10.3. The van der Waals surface area contributed by atoms with E-state index in [9.17, 15) is 9.59 Å². The predicted octanol–water partition coefficient (Wildman–Crippen LogP) is 5.42. The number of aliphatic carboxylic acids is 1. The number of nitrogens with one attached hydrogen (secondary N) is 1. The lowest BCUT2D eigenvalue weighted by Crippen LogP contribution is -2.30. The summed E-state index contributed by atoms with van der Waals surface area (Å²) in [5.74, 6) is -0.269. The van der Waals surface area contributed by atoms with Crippen LogP contribution in [0.25, 0.3) is 5.57 Å². The fourth-order valence-corrected chi connectivity index (χ4v) is 2.40. The third-order valence-corrected chi connectivity index (χ3v) is 4.45. The Morgan fingerprint density at radius 2 is 1.46 bits per heavy atom. The fraction of sp³-hybridized carbons (Fsp3) is 0.333. The van der Waals surface area contributed by atoms with Crippen LogP contribution in [-0.4, -0.2) is 22.9 Å². The molecule has 0 aliphatic heterocycles. The van der Waals surface area contributed by atoms with Crippen molar-refractivity contribution in [1.82, 2.24) is 5.32 Å². The van der Waals surface area contributed by atoms with Crippen molar-refractivity contribution in [3.63, 3.8) is 0 Å². The van der Waals surface area contributed by atoms with E-state index in [4.69, 9.17) is 5.11 Å². The highest BCUT2D eigenvalue weighted by Crippen LogP contribution is 2.12. The van der Waals surface area contributed by atoms with E-state index in [2.05, 4.69) is 17.4 Å². The number of benzene rings is 2. The third-order valence-electron chi connectivity index (χ3n) is 4.45. The van der Waals surface area contributed by atoms with Crippen LogP contribution >= 0.6 is 0 Å². The zero-order valence-electron chi connectivity index (χ0n) is 17.2. The number of carboxylic acid groups (broad SMARTS) is 1. The monoisotopic (exact) mass is 381 g/mol. The molecule has 0 aliphatic carbocycles. The summed E-state index contributed by atoms with van der Waals surface area (Å²) in [6.45, 7) is 7.84. The predicted molar refractivity (Wildman–Crippen MR) is 115 cm³/mol. The smallest absolute Gasteiger partial charge is 0.303 e. The summed E-state index contributed by atoms with van der Waals surface area (Å²) in [4.78, 5) is 22.2. The van der Waals surface area contributed by atoms with Gasteiger partial charge in [0, 0.05) is 18.2 Å². The van der Waals surface area contributed by atoms with Crippen LogP contribution in [0.15, 0.2) is 66.9 Å². The van der Waals surface area contributed by atoms with E-state index in [0.29, 0.717) is 12.3 Å². The minimum Gasteiger partial charge on any atom is -0.481 e. The third kappa shape index (κ3) is 8.67. The molecule has 0 heterocycles. The quantitative estimate of drug-likeness (QED) is 0.600. The van der Waals surface area contributed by atoms with Crippen LogP contribution in [0.2, 0.25) is 0 Å². The Bertz CT molecular complexity index is 754. The number of ketones is 1. The molecule has 4 heteroatoms. The molecule has 0 saturated carbocycles. The molecule has 0 saturated heterocycles. The maximum absolute atomic E-state index is 12.2. The second-order valence-corrected chi connectivity index (χ2v) is 6.92. The molecule has 0 fully saturated rings. The first-order valence-corrected chi connectivity index (χ1v) is 9.64. The molecule has 0 aliphatic rings. The lowest BCUT2D eigenvalue weighted by Gasteiger charge is -2.12. The maximum Gasteiger partial charge on any atom is 0.303 e. The highest BCUT2D eigenvalue weighted by molar-refractivity contribution is 5.99. The number of hydrogen-bond donors (Lipinski definition) is 2. The van der Waals surface area contributed by atoms with Crippen molar-refractivity contribution < 1.29 is 14.7 Å². The molecule has 2 rings (SSSR count). The molecule has 2 N–H and O–H groups in total. The molecule has 4 nitrogen and oxygen atoms in total. The molecule has 2 unspecified atom stereocenters. The Balaban J connectivity index is 0.000000416. The molecule has 150 valence electrons. The van der Waals surface area contributed by atoms with E-state index in [-0.39, 0.29) is 11.8 Å². The Hall–Kier alpha value is -2.88. The van der Waals surface area contributed by atoms with Gasteiger partial charge in [0.05, 0.1) is 6.04 Å². The van der Waals surface area contributed by atoms with Crippen LogP contribution in [0, 0.1) is 5.92 Å². The molecule has 0 amide bonds. The number of rotatable bonds is 8. The van der Waals surface area contributed by atoms with Gasteiger partial charge >= 0.3 is 5.97 Å². The minimum absolute atomic E-state index is 0.0997. The highest BCUT2D eigenvalue weighted by atomic mass is 16.4. The summed E-state index contributed by atoms with van der Waals surface area (Å²) in [5.41, 5.74) is 3.00. The zero-order valence-corrected chi connectivity index (χ0v) is 17.2. The van der Waals surface area contributed by atoms with Gasteiger partial charge in [0.1, 0.15) is 0 Å². The number of hydrogen-bond acceptors (Lipinski definition) is 3. The van der Waals surface area contributed by atoms with E-state index >= 15 is 0 Å². The number of carbonyl (C=O) groups is 2. The molecule has 2 atom stereocenters. The molecule has 0 bridgehead atoms. The number of allylic oxidation sites excluding steroid dienone is 1. The van der Waals surface area contributed by atoms with Crippen LogP contribution in [-0.2, 0) is 4.79 Å². The van der Waals surface area contributed by atoms with E-state index in [1.165, 1.54) is 0 Å². The average Bonchev–Trinajstić information content (AvgIpc) is 2.72. The molecular formula is C24H31NO3. The van der Waals surface area contributed by atoms with Gasteiger partial charge in [-0.2, -0.15) is 0 Å². The summed E-state index contributed by atoms with van der Waals surface area (Å²) >= 11 is 0. The first-order valence-electron chi connectivity index (χ1n) is 9.64. The second kappa shape index (κ2) is 12.5. The number of carbonyl (C=O) groups excluding carboxylic acids is 1. The molecule has 0 radical (unpaired) electrons. The standard InChI is InChI=1S/C18H19NO.C6H12O2/c1-14(16-9-5-3-6-10-16)13-19-15(2)18(20)17-11-7-4-8-12-17;1-3-5(2)4-6(7)8/h3-13,15,19H,1-2H3;5H,3-4H2,1-2H3,(H,7,8)/b14-13+;. The van der Waals surface area contributed by atoms with Crippen LogP contribution in [0.1, 0.15) is 56.5 Å². The maximum atomic E-state index is 12.2. The molecule has 28 heavy (non-hydrogen) atoms. The molecule has 2 aromatic rings. The van der Waals surface area contributed by atoms with Crippen LogP contribution in [0.5, 0.6) is 0 Å². The SMILES string of the molecule is C/C(=C\NC(C)C(=O)c1ccccc1)c1ccccc1.CCC(C)CC(=O)O. The Labute approximate surface area is 168 Å². The topological polar surface area (TPSA) is 66.4 Å². The summed E-state index contributed by atoms with van der Waals surface area (Å²) in [6.07, 6.45) is 3.16. The summed E-state index contributed by atoms with van der Waals surface area (Å²) in [6, 6.07) is 19.2. The van der Waals surface area contributed by atoms with Crippen molar-refractivity contribution in [2.45, 2.75) is 46.6 Å². The van der Waals surface area contributed by atoms with Crippen molar-refractivity contribution >= 4 is 17.3 Å². The second-order valence-electron chi connectivity index (χ2n) is 6.92. The average molecular weight is 382 g/mol. The lowest BCUT2D eigenvalue weighted by molar-refractivity contribution is -0.137. The first-order chi connectivity index (χ1) is 13.3. The Morgan fingerprint density at radius 3 is 1.89 bits per heavy atom. The van der Waals surface area contributed by atoms with Gasteiger partial charge < -0.3 is 10.4 Å². The fourth-order valence-electron chi connectivity index (χ4n) is 2.40. The normalized spacial score (nSPS) is 12.9. The van der Waals surface area contributed by atoms with Gasteiger partial charge in [-0.05, 0) is 30.9 Å². The number of Topliss-reactive ketones (excluding diaryl/α,β-unsaturated/α-hetero) is 1. The van der Waals surface area contributed by atoms with Crippen molar-refractivity contribution in [1.29, 1.82) is 0 Å². The summed E-state index contributed by atoms with van der Waals surface area (Å²) in [7, 11) is 0. The minimum atomic E-state index is -0.695. The van der Waals surface area contributed by atoms with Gasteiger partial charge in [-0.25, -0.2) is 0 Å². The van der Waals surface area contributed by atoms with Gasteiger partial charge in [-0.1, -0.05) is 80.9 Å². The first kappa shape index (κ1) is 23.2. The molecule has 0 aromatic heterocycles. The molecular weight excluding hydrogens is 350 g/mol. The van der Waals surface area contributed by atoms with E-state index in [0.717, 1.165) is 23.1 Å². The van der Waals surface area contributed by atoms with Gasteiger partial charge in [0.15, 0.2) is 5.78 Å². The van der Waals surface area contributed by atoms with Gasteiger partial charge in [0.2, 0.25) is 0 Å². The van der Waals surface area contributed by atoms with Crippen molar-refractivity contribution in [3.8, 4) is 0 Å². The van der Waals surface area contributed by atoms with E-state index in [1.54, 1.807) is 0 Å². The van der Waals surface area contributed by atoms with Crippen LogP contribution in [0.3, 0.4) is 0 Å². The van der Waals surface area contributed by atoms with Gasteiger partial charge in [-0.3, -0.25) is 9.59 Å². The molecule has 0 spiro atoms. The van der Waals surface area contributed by atoms with Crippen molar-refractivity contribution in [2.24, 2.45) is 5.92 Å². The van der Waals surface area contributed by atoms with E-state index < -0.39 is 5.97 Å². The molecule has 2 aromatic carbocycles. The summed E-state index contributed by atoms with van der Waals surface area (Å²) in [5, 5.41) is 11.4. The highest BCUT2D eigenvalue weighted by Gasteiger charge is 2.12. The van der Waals surface area contributed by atoms with Crippen LogP contribution in [0.4, 0.5) is 0 Å². The van der Waals surface area contributed by atoms with Gasteiger partial charge in [-0.15, -0.1) is 0 Å². The lowest BCUT2D eigenvalue weighted by atomic mass is 10.1. The van der Waals surface area contributed by atoms with E-state index in [1.807, 2.05) is 82.4 Å². The Morgan fingerprint density at radius 1 is 0.964 bits per heavy atom. The largest absolute Gasteiger partial charge is 0.481 e.